The first kappa shape index (κ1) is 18.1. The standard InChI is InChI=1S/C16H22O6/c1-11(2)20-9-10-21-12(3)22-16(18)14-7-5-13(6-8-14)15(17)19-4/h5-8,11-12H,9-10H2,1-4H3. The molecule has 0 saturated carbocycles. The van der Waals surface area contributed by atoms with Crippen molar-refractivity contribution in [2.75, 3.05) is 20.3 Å². The average molecular weight is 310 g/mol. The highest BCUT2D eigenvalue weighted by molar-refractivity contribution is 5.93. The SMILES string of the molecule is COC(=O)c1ccc(C(=O)OC(C)OCCOC(C)C)cc1. The topological polar surface area (TPSA) is 71.1 Å². The van der Waals surface area contributed by atoms with E-state index in [-0.39, 0.29) is 6.10 Å². The molecular formula is C16H22O6. The second-order valence-corrected chi connectivity index (χ2v) is 4.83. The molecule has 0 aliphatic carbocycles. The molecule has 6 heteroatoms. The largest absolute Gasteiger partial charge is 0.465 e. The lowest BCUT2D eigenvalue weighted by molar-refractivity contribution is -0.113. The minimum Gasteiger partial charge on any atom is -0.465 e. The lowest BCUT2D eigenvalue weighted by atomic mass is 10.1. The van der Waals surface area contributed by atoms with Gasteiger partial charge in [0.1, 0.15) is 0 Å². The highest BCUT2D eigenvalue weighted by atomic mass is 16.7. The van der Waals surface area contributed by atoms with E-state index >= 15 is 0 Å². The molecule has 1 atom stereocenters. The van der Waals surface area contributed by atoms with Crippen LogP contribution in [0.4, 0.5) is 0 Å². The summed E-state index contributed by atoms with van der Waals surface area (Å²) in [6, 6.07) is 6.02. The zero-order valence-electron chi connectivity index (χ0n) is 13.3. The van der Waals surface area contributed by atoms with Gasteiger partial charge in [-0.25, -0.2) is 9.59 Å². The number of rotatable bonds is 8. The number of ether oxygens (including phenoxy) is 4. The van der Waals surface area contributed by atoms with Gasteiger partial charge in [-0.15, -0.1) is 0 Å². The molecule has 6 nitrogen and oxygen atoms in total. The summed E-state index contributed by atoms with van der Waals surface area (Å²) in [7, 11) is 1.30. The lowest BCUT2D eigenvalue weighted by Crippen LogP contribution is -2.21. The van der Waals surface area contributed by atoms with Crippen LogP contribution in [0.25, 0.3) is 0 Å². The van der Waals surface area contributed by atoms with Gasteiger partial charge < -0.3 is 18.9 Å². The van der Waals surface area contributed by atoms with E-state index in [4.69, 9.17) is 14.2 Å². The van der Waals surface area contributed by atoms with Crippen LogP contribution >= 0.6 is 0 Å². The lowest BCUT2D eigenvalue weighted by Gasteiger charge is -2.15. The highest BCUT2D eigenvalue weighted by Gasteiger charge is 2.13. The van der Waals surface area contributed by atoms with E-state index in [1.165, 1.54) is 31.4 Å². The molecule has 0 fully saturated rings. The zero-order chi connectivity index (χ0) is 16.5. The Bertz CT molecular complexity index is 480. The third-order valence-electron chi connectivity index (χ3n) is 2.70. The molecule has 1 unspecified atom stereocenters. The van der Waals surface area contributed by atoms with Gasteiger partial charge in [0.15, 0.2) is 0 Å². The third-order valence-corrected chi connectivity index (χ3v) is 2.70. The van der Waals surface area contributed by atoms with Crippen LogP contribution in [0.3, 0.4) is 0 Å². The number of hydrogen-bond donors (Lipinski definition) is 0. The van der Waals surface area contributed by atoms with Crippen molar-refractivity contribution >= 4 is 11.9 Å². The molecule has 0 aliphatic rings. The molecule has 0 heterocycles. The molecule has 0 radical (unpaired) electrons. The molecule has 0 amide bonds. The zero-order valence-corrected chi connectivity index (χ0v) is 13.3. The Morgan fingerprint density at radius 2 is 1.41 bits per heavy atom. The minimum atomic E-state index is -0.677. The Morgan fingerprint density at radius 3 is 1.91 bits per heavy atom. The molecule has 0 bridgehead atoms. The van der Waals surface area contributed by atoms with Crippen LogP contribution in [0, 0.1) is 0 Å². The van der Waals surface area contributed by atoms with Gasteiger partial charge in [-0.05, 0) is 45.0 Å². The maximum Gasteiger partial charge on any atom is 0.340 e. The molecule has 1 rings (SSSR count). The van der Waals surface area contributed by atoms with E-state index < -0.39 is 18.2 Å². The summed E-state index contributed by atoms with van der Waals surface area (Å²) in [4.78, 5) is 23.2. The summed E-state index contributed by atoms with van der Waals surface area (Å²) in [6.07, 6.45) is -0.543. The molecule has 0 saturated heterocycles. The fourth-order valence-electron chi connectivity index (χ4n) is 1.61. The van der Waals surface area contributed by atoms with Crippen LogP contribution in [0.5, 0.6) is 0 Å². The molecule has 1 aromatic carbocycles. The first-order chi connectivity index (χ1) is 10.4. The van der Waals surface area contributed by atoms with Gasteiger partial charge in [-0.2, -0.15) is 0 Å². The summed E-state index contributed by atoms with van der Waals surface area (Å²) in [6.45, 7) is 6.28. The van der Waals surface area contributed by atoms with Crippen molar-refractivity contribution in [3.05, 3.63) is 35.4 Å². The molecule has 0 aromatic heterocycles. The first-order valence-electron chi connectivity index (χ1n) is 7.06. The van der Waals surface area contributed by atoms with Gasteiger partial charge in [-0.1, -0.05) is 0 Å². The fourth-order valence-corrected chi connectivity index (χ4v) is 1.61. The van der Waals surface area contributed by atoms with Gasteiger partial charge in [0.05, 0.1) is 37.6 Å². The van der Waals surface area contributed by atoms with Gasteiger partial charge >= 0.3 is 11.9 Å². The van der Waals surface area contributed by atoms with Crippen LogP contribution in [0.1, 0.15) is 41.5 Å². The number of carbonyl (C=O) groups excluding carboxylic acids is 2. The monoisotopic (exact) mass is 310 g/mol. The predicted molar refractivity (Wildman–Crippen MR) is 79.7 cm³/mol. The molecule has 122 valence electrons. The Hall–Kier alpha value is -1.92. The quantitative estimate of drug-likeness (QED) is 0.417. The van der Waals surface area contributed by atoms with E-state index in [0.717, 1.165) is 0 Å². The second-order valence-electron chi connectivity index (χ2n) is 4.83. The summed E-state index contributed by atoms with van der Waals surface area (Å²) in [5, 5.41) is 0. The third kappa shape index (κ3) is 6.24. The van der Waals surface area contributed by atoms with Crippen LogP contribution in [0.15, 0.2) is 24.3 Å². The van der Waals surface area contributed by atoms with Crippen LogP contribution in [-0.2, 0) is 18.9 Å². The van der Waals surface area contributed by atoms with Gasteiger partial charge in [0, 0.05) is 0 Å². The average Bonchev–Trinajstić information content (AvgIpc) is 2.50. The summed E-state index contributed by atoms with van der Waals surface area (Å²) in [5.74, 6) is -0.976. The van der Waals surface area contributed by atoms with Crippen molar-refractivity contribution < 1.29 is 28.5 Å². The number of carbonyl (C=O) groups is 2. The molecule has 22 heavy (non-hydrogen) atoms. The fraction of sp³-hybridized carbons (Fsp3) is 0.500. The first-order valence-corrected chi connectivity index (χ1v) is 7.06. The molecular weight excluding hydrogens is 288 g/mol. The Morgan fingerprint density at radius 1 is 0.909 bits per heavy atom. The van der Waals surface area contributed by atoms with Crippen molar-refractivity contribution in [1.29, 1.82) is 0 Å². The van der Waals surface area contributed by atoms with Crippen LogP contribution < -0.4 is 0 Å². The predicted octanol–water partition coefficient (Wildman–Crippen LogP) is 2.42. The van der Waals surface area contributed by atoms with Crippen molar-refractivity contribution in [1.82, 2.24) is 0 Å². The number of hydrogen-bond acceptors (Lipinski definition) is 6. The maximum atomic E-state index is 11.9. The number of esters is 2. The van der Waals surface area contributed by atoms with Crippen LogP contribution in [-0.4, -0.2) is 44.7 Å². The Labute approximate surface area is 130 Å². The van der Waals surface area contributed by atoms with Crippen molar-refractivity contribution in [3.63, 3.8) is 0 Å². The maximum absolute atomic E-state index is 11.9. The smallest absolute Gasteiger partial charge is 0.340 e. The van der Waals surface area contributed by atoms with E-state index in [1.54, 1.807) is 6.92 Å². The highest BCUT2D eigenvalue weighted by Crippen LogP contribution is 2.09. The Kier molecular flexibility index (Phi) is 7.56. The summed E-state index contributed by atoms with van der Waals surface area (Å²) >= 11 is 0. The van der Waals surface area contributed by atoms with Gasteiger partial charge in [-0.3, -0.25) is 0 Å². The van der Waals surface area contributed by atoms with Crippen molar-refractivity contribution in [3.8, 4) is 0 Å². The van der Waals surface area contributed by atoms with E-state index in [2.05, 4.69) is 4.74 Å². The van der Waals surface area contributed by atoms with Gasteiger partial charge in [0.2, 0.25) is 6.29 Å². The number of benzene rings is 1. The summed E-state index contributed by atoms with van der Waals surface area (Å²) in [5.41, 5.74) is 0.704. The van der Waals surface area contributed by atoms with E-state index in [1.807, 2.05) is 13.8 Å². The second kappa shape index (κ2) is 9.17. The van der Waals surface area contributed by atoms with E-state index in [0.29, 0.717) is 24.3 Å². The molecule has 0 N–H and O–H groups in total. The van der Waals surface area contributed by atoms with Crippen LogP contribution in [0.2, 0.25) is 0 Å². The molecule has 1 aromatic rings. The normalized spacial score (nSPS) is 12.0. The molecule has 0 aliphatic heterocycles. The molecule has 0 spiro atoms. The van der Waals surface area contributed by atoms with E-state index in [9.17, 15) is 9.59 Å². The minimum absolute atomic E-state index is 0.134. The number of methoxy groups -OCH3 is 1. The Balaban J connectivity index is 2.42. The summed E-state index contributed by atoms with van der Waals surface area (Å²) < 4.78 is 20.4. The van der Waals surface area contributed by atoms with Crippen molar-refractivity contribution in [2.45, 2.75) is 33.2 Å². The van der Waals surface area contributed by atoms with Gasteiger partial charge in [0.25, 0.3) is 0 Å². The van der Waals surface area contributed by atoms with Crippen molar-refractivity contribution in [2.24, 2.45) is 0 Å².